The molecule has 0 aromatic heterocycles. The lowest BCUT2D eigenvalue weighted by atomic mass is 10.1. The lowest BCUT2D eigenvalue weighted by Gasteiger charge is -2.19. The van der Waals surface area contributed by atoms with E-state index in [1.54, 1.807) is 25.1 Å². The first kappa shape index (κ1) is 18.1. The molecule has 2 aromatic rings. The third kappa shape index (κ3) is 4.40. The van der Waals surface area contributed by atoms with Crippen molar-refractivity contribution in [2.75, 3.05) is 5.32 Å². The fraction of sp³-hybridized carbons (Fsp3) is 0.235. The van der Waals surface area contributed by atoms with Crippen molar-refractivity contribution in [2.24, 2.45) is 0 Å². The summed E-state index contributed by atoms with van der Waals surface area (Å²) in [5.74, 6) is 0.378. The van der Waals surface area contributed by atoms with E-state index >= 15 is 0 Å². The number of carbonyl (C=O) groups is 1. The summed E-state index contributed by atoms with van der Waals surface area (Å²) in [5, 5.41) is 3.48. The Morgan fingerprint density at radius 1 is 1.17 bits per heavy atom. The molecule has 2 aromatic carbocycles. The molecule has 0 bridgehead atoms. The number of hydrogen-bond donors (Lipinski definition) is 1. The monoisotopic (exact) mass is 415 g/mol. The van der Waals surface area contributed by atoms with Gasteiger partial charge in [-0.15, -0.1) is 0 Å². The number of benzene rings is 2. The number of anilines is 1. The minimum Gasteiger partial charge on any atom is -0.480 e. The number of halogens is 3. The van der Waals surface area contributed by atoms with Gasteiger partial charge >= 0.3 is 0 Å². The summed E-state index contributed by atoms with van der Waals surface area (Å²) >= 11 is 15.6. The summed E-state index contributed by atoms with van der Waals surface area (Å²) in [4.78, 5) is 12.3. The first-order valence-electron chi connectivity index (χ1n) is 6.98. The van der Waals surface area contributed by atoms with Crippen LogP contribution >= 0.6 is 39.1 Å². The molecule has 0 aliphatic carbocycles. The van der Waals surface area contributed by atoms with Crippen molar-refractivity contribution in [3.63, 3.8) is 0 Å². The molecule has 1 atom stereocenters. The van der Waals surface area contributed by atoms with Gasteiger partial charge in [0.05, 0.1) is 15.7 Å². The van der Waals surface area contributed by atoms with Crippen molar-refractivity contribution in [1.82, 2.24) is 0 Å². The molecule has 0 spiro atoms. The predicted octanol–water partition coefficient (Wildman–Crippen LogP) is 5.78. The van der Waals surface area contributed by atoms with Crippen LogP contribution in [-0.4, -0.2) is 12.0 Å². The van der Waals surface area contributed by atoms with Gasteiger partial charge in [0.1, 0.15) is 5.75 Å². The predicted molar refractivity (Wildman–Crippen MR) is 98.8 cm³/mol. The molecule has 0 heterocycles. The second kappa shape index (κ2) is 7.56. The zero-order valence-electron chi connectivity index (χ0n) is 12.9. The van der Waals surface area contributed by atoms with Crippen LogP contribution in [0.4, 0.5) is 5.69 Å². The second-order valence-electron chi connectivity index (χ2n) is 5.21. The number of para-hydroxylation sites is 1. The highest BCUT2D eigenvalue weighted by Gasteiger charge is 2.19. The van der Waals surface area contributed by atoms with Gasteiger partial charge in [0.25, 0.3) is 5.91 Å². The number of rotatable bonds is 4. The average Bonchev–Trinajstić information content (AvgIpc) is 2.46. The third-order valence-corrected chi connectivity index (χ3v) is 4.39. The third-order valence-electron chi connectivity index (χ3n) is 3.30. The van der Waals surface area contributed by atoms with Crippen LogP contribution < -0.4 is 10.1 Å². The number of carbonyl (C=O) groups excluding carboxylic acids is 1. The van der Waals surface area contributed by atoms with E-state index in [1.165, 1.54) is 0 Å². The first-order valence-corrected chi connectivity index (χ1v) is 8.52. The smallest absolute Gasteiger partial charge is 0.265 e. The zero-order chi connectivity index (χ0) is 17.1. The Balaban J connectivity index is 2.15. The normalized spacial score (nSPS) is 11.9. The molecule has 0 saturated carbocycles. The lowest BCUT2D eigenvalue weighted by molar-refractivity contribution is -0.122. The van der Waals surface area contributed by atoms with Gasteiger partial charge in [-0.05, 0) is 56.2 Å². The van der Waals surface area contributed by atoms with Crippen LogP contribution in [0, 0.1) is 13.8 Å². The Hall–Kier alpha value is -1.23. The van der Waals surface area contributed by atoms with Gasteiger partial charge in [-0.3, -0.25) is 4.79 Å². The van der Waals surface area contributed by atoms with E-state index in [0.717, 1.165) is 15.6 Å². The Kier molecular flexibility index (Phi) is 5.95. The molecule has 0 saturated heterocycles. The van der Waals surface area contributed by atoms with Crippen LogP contribution in [0.2, 0.25) is 10.0 Å². The summed E-state index contributed by atoms with van der Waals surface area (Å²) < 4.78 is 6.80. The summed E-state index contributed by atoms with van der Waals surface area (Å²) in [6.07, 6.45) is -0.694. The Bertz CT molecular complexity index is 706. The Labute approximate surface area is 154 Å². The van der Waals surface area contributed by atoms with E-state index < -0.39 is 6.10 Å². The summed E-state index contributed by atoms with van der Waals surface area (Å²) in [6, 6.07) is 8.93. The molecule has 1 N–H and O–H groups in total. The highest BCUT2D eigenvalue weighted by molar-refractivity contribution is 9.10. The molecule has 0 radical (unpaired) electrons. The van der Waals surface area contributed by atoms with Crippen LogP contribution in [0.5, 0.6) is 5.75 Å². The molecule has 3 nitrogen and oxygen atoms in total. The summed E-state index contributed by atoms with van der Waals surface area (Å²) in [6.45, 7) is 5.55. The van der Waals surface area contributed by atoms with Gasteiger partial charge in [0.2, 0.25) is 0 Å². The average molecular weight is 417 g/mol. The molecule has 0 fully saturated rings. The van der Waals surface area contributed by atoms with Crippen LogP contribution in [-0.2, 0) is 4.79 Å². The largest absolute Gasteiger partial charge is 0.480 e. The van der Waals surface area contributed by atoms with Gasteiger partial charge in [-0.2, -0.15) is 0 Å². The fourth-order valence-electron chi connectivity index (χ4n) is 2.16. The molecule has 0 aliphatic heterocycles. The van der Waals surface area contributed by atoms with Gasteiger partial charge in [0.15, 0.2) is 6.10 Å². The quantitative estimate of drug-likeness (QED) is 0.685. The SMILES string of the molecule is Cc1cc(Br)cc(C)c1OC(C)C(=O)Nc1c(Cl)cccc1Cl. The molecule has 122 valence electrons. The number of ether oxygens (including phenoxy) is 1. The van der Waals surface area contributed by atoms with E-state index in [4.69, 9.17) is 27.9 Å². The van der Waals surface area contributed by atoms with Crippen molar-refractivity contribution < 1.29 is 9.53 Å². The van der Waals surface area contributed by atoms with Gasteiger partial charge in [-0.25, -0.2) is 0 Å². The van der Waals surface area contributed by atoms with E-state index in [2.05, 4.69) is 21.2 Å². The highest BCUT2D eigenvalue weighted by Crippen LogP contribution is 2.31. The van der Waals surface area contributed by atoms with Crippen LogP contribution in [0.3, 0.4) is 0 Å². The molecule has 6 heteroatoms. The molecule has 23 heavy (non-hydrogen) atoms. The standard InChI is InChI=1S/C17H16BrCl2NO2/c1-9-7-12(18)8-10(2)16(9)23-11(3)17(22)21-15-13(19)5-4-6-14(15)20/h4-8,11H,1-3H3,(H,21,22). The van der Waals surface area contributed by atoms with Crippen LogP contribution in [0.1, 0.15) is 18.1 Å². The van der Waals surface area contributed by atoms with Crippen molar-refractivity contribution in [1.29, 1.82) is 0 Å². The second-order valence-corrected chi connectivity index (χ2v) is 6.94. The zero-order valence-corrected chi connectivity index (χ0v) is 16.0. The maximum absolute atomic E-state index is 12.3. The van der Waals surface area contributed by atoms with E-state index in [1.807, 2.05) is 26.0 Å². The first-order chi connectivity index (χ1) is 10.8. The molecule has 2 rings (SSSR count). The van der Waals surface area contributed by atoms with Crippen molar-refractivity contribution in [3.8, 4) is 5.75 Å². The topological polar surface area (TPSA) is 38.3 Å². The van der Waals surface area contributed by atoms with E-state index in [-0.39, 0.29) is 5.91 Å². The van der Waals surface area contributed by atoms with Crippen molar-refractivity contribution in [2.45, 2.75) is 26.9 Å². The number of amides is 1. The molecular formula is C17H16BrCl2NO2. The minimum atomic E-state index is -0.694. The molecule has 1 amide bonds. The lowest BCUT2D eigenvalue weighted by Crippen LogP contribution is -2.30. The van der Waals surface area contributed by atoms with Gasteiger partial charge in [-0.1, -0.05) is 45.2 Å². The highest BCUT2D eigenvalue weighted by atomic mass is 79.9. The fourth-order valence-corrected chi connectivity index (χ4v) is 3.33. The minimum absolute atomic E-state index is 0.318. The number of hydrogen-bond acceptors (Lipinski definition) is 2. The van der Waals surface area contributed by atoms with Crippen LogP contribution in [0.15, 0.2) is 34.8 Å². The van der Waals surface area contributed by atoms with Crippen molar-refractivity contribution >= 4 is 50.7 Å². The maximum Gasteiger partial charge on any atom is 0.265 e. The number of nitrogens with one attached hydrogen (secondary N) is 1. The van der Waals surface area contributed by atoms with E-state index in [9.17, 15) is 4.79 Å². The summed E-state index contributed by atoms with van der Waals surface area (Å²) in [7, 11) is 0. The number of aryl methyl sites for hydroxylation is 2. The molecular weight excluding hydrogens is 401 g/mol. The van der Waals surface area contributed by atoms with E-state index in [0.29, 0.717) is 21.5 Å². The maximum atomic E-state index is 12.3. The molecule has 1 unspecified atom stereocenters. The van der Waals surface area contributed by atoms with Crippen LogP contribution in [0.25, 0.3) is 0 Å². The Morgan fingerprint density at radius 2 is 1.70 bits per heavy atom. The summed E-state index contributed by atoms with van der Waals surface area (Å²) in [5.41, 5.74) is 2.29. The van der Waals surface area contributed by atoms with Crippen molar-refractivity contribution in [3.05, 3.63) is 56.0 Å². The molecule has 0 aliphatic rings. The van der Waals surface area contributed by atoms with Gasteiger partial charge in [0, 0.05) is 4.47 Å². The Morgan fingerprint density at radius 3 is 2.22 bits per heavy atom. The van der Waals surface area contributed by atoms with Gasteiger partial charge < -0.3 is 10.1 Å².